The third-order valence-corrected chi connectivity index (χ3v) is 8.94. The van der Waals surface area contributed by atoms with Gasteiger partial charge in [0, 0.05) is 16.1 Å². The second-order valence-electron chi connectivity index (χ2n) is 4.39. The van der Waals surface area contributed by atoms with Gasteiger partial charge in [-0.2, -0.15) is 0 Å². The van der Waals surface area contributed by atoms with E-state index in [1.807, 2.05) is 42.5 Å². The Labute approximate surface area is 137 Å². The normalized spacial score (nSPS) is 20.2. The molecular formula is C15H9ClN2S3. The summed E-state index contributed by atoms with van der Waals surface area (Å²) in [6.07, 6.45) is 0. The van der Waals surface area contributed by atoms with Crippen LogP contribution in [0, 0.1) is 0 Å². The maximum Gasteiger partial charge on any atom is 0.200 e. The molecule has 2 aromatic rings. The lowest BCUT2D eigenvalue weighted by Crippen LogP contribution is -1.96. The van der Waals surface area contributed by atoms with Crippen LogP contribution in [0.5, 0.6) is 0 Å². The van der Waals surface area contributed by atoms with Gasteiger partial charge in [-0.05, 0) is 42.3 Å². The van der Waals surface area contributed by atoms with Gasteiger partial charge in [-0.15, -0.1) is 0 Å². The Hall–Kier alpha value is -1.01. The van der Waals surface area contributed by atoms with E-state index >= 15 is 0 Å². The van der Waals surface area contributed by atoms with Gasteiger partial charge in [0.1, 0.15) is 10.1 Å². The van der Waals surface area contributed by atoms with E-state index in [-0.39, 0.29) is 8.55 Å². The topological polar surface area (TPSA) is 24.7 Å². The molecule has 4 rings (SSSR count). The van der Waals surface area contributed by atoms with Crippen LogP contribution in [0.3, 0.4) is 0 Å². The lowest BCUT2D eigenvalue weighted by Gasteiger charge is -2.04. The molecule has 0 bridgehead atoms. The van der Waals surface area contributed by atoms with Crippen LogP contribution >= 0.6 is 41.7 Å². The van der Waals surface area contributed by atoms with Crippen molar-refractivity contribution in [2.24, 2.45) is 9.98 Å². The SMILES string of the molecule is Clc1ccc(C2=NC3=S(SC(c4ccccc4)=N3)S2)cc1. The van der Waals surface area contributed by atoms with Gasteiger partial charge in [0.15, 0.2) is 0 Å². The Morgan fingerprint density at radius 1 is 0.762 bits per heavy atom. The fourth-order valence-corrected chi connectivity index (χ4v) is 7.82. The summed E-state index contributed by atoms with van der Waals surface area (Å²) in [6.45, 7) is 0. The minimum Gasteiger partial charge on any atom is -0.214 e. The first kappa shape index (κ1) is 13.6. The number of hydrogen-bond acceptors (Lipinski definition) is 4. The van der Waals surface area contributed by atoms with Crippen LogP contribution in [0.2, 0.25) is 5.02 Å². The molecule has 2 heterocycles. The van der Waals surface area contributed by atoms with Crippen LogP contribution in [0.25, 0.3) is 0 Å². The lowest BCUT2D eigenvalue weighted by molar-refractivity contribution is 1.58. The molecular weight excluding hydrogens is 340 g/mol. The van der Waals surface area contributed by atoms with Gasteiger partial charge in [-0.3, -0.25) is 0 Å². The summed E-state index contributed by atoms with van der Waals surface area (Å²) in [4.78, 5) is 9.37. The van der Waals surface area contributed by atoms with Gasteiger partial charge < -0.3 is 0 Å². The van der Waals surface area contributed by atoms with Gasteiger partial charge in [-0.25, -0.2) is 9.98 Å². The molecule has 0 fully saturated rings. The van der Waals surface area contributed by atoms with E-state index < -0.39 is 0 Å². The van der Waals surface area contributed by atoms with Crippen LogP contribution < -0.4 is 0 Å². The summed E-state index contributed by atoms with van der Waals surface area (Å²) < 4.78 is 0. The molecule has 2 aliphatic rings. The van der Waals surface area contributed by atoms with Crippen LogP contribution in [0.15, 0.2) is 64.6 Å². The smallest absolute Gasteiger partial charge is 0.200 e. The molecule has 0 aromatic heterocycles. The van der Waals surface area contributed by atoms with Crippen molar-refractivity contribution in [1.82, 2.24) is 0 Å². The average Bonchev–Trinajstić information content (AvgIpc) is 3.07. The van der Waals surface area contributed by atoms with Crippen molar-refractivity contribution in [2.75, 3.05) is 0 Å². The van der Waals surface area contributed by atoms with Crippen LogP contribution in [-0.2, 0) is 0 Å². The number of rotatable bonds is 2. The van der Waals surface area contributed by atoms with E-state index in [9.17, 15) is 0 Å². The quantitative estimate of drug-likeness (QED) is 0.549. The van der Waals surface area contributed by atoms with E-state index in [0.29, 0.717) is 0 Å². The van der Waals surface area contributed by atoms with Crippen molar-refractivity contribution in [3.05, 3.63) is 70.7 Å². The highest BCUT2D eigenvalue weighted by molar-refractivity contribution is 9.21. The zero-order valence-electron chi connectivity index (χ0n) is 10.7. The Morgan fingerprint density at radius 3 is 1.90 bits per heavy atom. The summed E-state index contributed by atoms with van der Waals surface area (Å²) in [5, 5.41) is 3.79. The van der Waals surface area contributed by atoms with Gasteiger partial charge >= 0.3 is 0 Å². The zero-order chi connectivity index (χ0) is 14.2. The molecule has 2 aliphatic heterocycles. The summed E-state index contributed by atoms with van der Waals surface area (Å²) in [7, 11) is 3.56. The molecule has 0 N–H and O–H groups in total. The first-order valence-electron chi connectivity index (χ1n) is 6.26. The predicted octanol–water partition coefficient (Wildman–Crippen LogP) is 5.21. The van der Waals surface area contributed by atoms with E-state index in [4.69, 9.17) is 11.6 Å². The Kier molecular flexibility index (Phi) is 3.67. The molecule has 0 saturated heterocycles. The highest BCUT2D eigenvalue weighted by atomic mass is 35.5. The molecule has 0 amide bonds. The van der Waals surface area contributed by atoms with Gasteiger partial charge in [0.25, 0.3) is 0 Å². The molecule has 2 nitrogen and oxygen atoms in total. The van der Waals surface area contributed by atoms with Crippen LogP contribution in [0.4, 0.5) is 0 Å². The minimum absolute atomic E-state index is 0.0248. The predicted molar refractivity (Wildman–Crippen MR) is 98.7 cm³/mol. The van der Waals surface area contributed by atoms with Crippen molar-refractivity contribution < 1.29 is 0 Å². The van der Waals surface area contributed by atoms with E-state index in [0.717, 1.165) is 25.8 Å². The van der Waals surface area contributed by atoms with Crippen LogP contribution in [0.1, 0.15) is 11.1 Å². The molecule has 1 unspecified atom stereocenters. The average molecular weight is 349 g/mol. The van der Waals surface area contributed by atoms with Gasteiger partial charge in [0.2, 0.25) is 5.11 Å². The lowest BCUT2D eigenvalue weighted by atomic mass is 10.2. The Bertz CT molecular complexity index is 795. The third kappa shape index (κ3) is 2.71. The molecule has 0 spiro atoms. The molecule has 0 saturated carbocycles. The number of halogens is 1. The number of aliphatic imine (C=N–C) groups is 2. The van der Waals surface area contributed by atoms with Crippen LogP contribution in [-0.4, -0.2) is 15.2 Å². The van der Waals surface area contributed by atoms with Crippen molar-refractivity contribution >= 4 is 56.9 Å². The molecule has 0 radical (unpaired) electrons. The fraction of sp³-hybridized carbons (Fsp3) is 0. The molecule has 6 heteroatoms. The van der Waals surface area contributed by atoms with Gasteiger partial charge in [0.05, 0.1) is 0 Å². The summed E-state index contributed by atoms with van der Waals surface area (Å²) in [6, 6.07) is 18.1. The molecule has 0 aliphatic carbocycles. The van der Waals surface area contributed by atoms with Crippen molar-refractivity contribution in [2.45, 2.75) is 0 Å². The minimum atomic E-state index is -0.0248. The second-order valence-corrected chi connectivity index (χ2v) is 10.4. The van der Waals surface area contributed by atoms with E-state index in [1.54, 1.807) is 21.6 Å². The highest BCUT2D eigenvalue weighted by Crippen LogP contribution is 2.55. The summed E-state index contributed by atoms with van der Waals surface area (Å²) in [5.41, 5.74) is 2.27. The Morgan fingerprint density at radius 2 is 1.33 bits per heavy atom. The number of hydrogen-bond donors (Lipinski definition) is 0. The number of nitrogens with zero attached hydrogens (tertiary/aromatic N) is 2. The summed E-state index contributed by atoms with van der Waals surface area (Å²) >= 11 is 5.92. The molecule has 104 valence electrons. The highest BCUT2D eigenvalue weighted by Gasteiger charge is 2.27. The Balaban J connectivity index is 1.60. The molecule has 21 heavy (non-hydrogen) atoms. The fourth-order valence-electron chi connectivity index (χ4n) is 1.94. The molecule has 2 aromatic carbocycles. The monoisotopic (exact) mass is 348 g/mol. The zero-order valence-corrected chi connectivity index (χ0v) is 13.9. The van der Waals surface area contributed by atoms with Crippen molar-refractivity contribution in [1.29, 1.82) is 0 Å². The first-order valence-corrected chi connectivity index (χ1v) is 10.5. The van der Waals surface area contributed by atoms with E-state index in [2.05, 4.69) is 22.1 Å². The summed E-state index contributed by atoms with van der Waals surface area (Å²) in [5.74, 6) is 0. The largest absolute Gasteiger partial charge is 0.214 e. The first-order chi connectivity index (χ1) is 10.3. The maximum absolute atomic E-state index is 5.92. The standard InChI is InChI=1S/C15H9ClN2S3/c16-12-8-6-11(7-9-12)14-18-15-17-13(19-21(15)20-14)10-4-2-1-3-5-10/h1-9H. The molecule has 1 atom stereocenters. The van der Waals surface area contributed by atoms with Gasteiger partial charge in [-0.1, -0.05) is 54.1 Å². The van der Waals surface area contributed by atoms with Crippen molar-refractivity contribution in [3.8, 4) is 0 Å². The third-order valence-electron chi connectivity index (χ3n) is 2.96. The van der Waals surface area contributed by atoms with Crippen molar-refractivity contribution in [3.63, 3.8) is 0 Å². The van der Waals surface area contributed by atoms with E-state index in [1.165, 1.54) is 5.56 Å². The number of benzene rings is 2. The maximum atomic E-state index is 5.92. The second kappa shape index (κ2) is 5.65.